The molecule has 0 spiro atoms. The summed E-state index contributed by atoms with van der Waals surface area (Å²) in [6.07, 6.45) is 3.93. The Kier molecular flexibility index (Phi) is 8.71. The fourth-order valence-corrected chi connectivity index (χ4v) is 19.7. The van der Waals surface area contributed by atoms with Gasteiger partial charge in [0.1, 0.15) is 0 Å². The van der Waals surface area contributed by atoms with E-state index in [9.17, 15) is 0 Å². The first-order valence-corrected chi connectivity index (χ1v) is 21.0. The van der Waals surface area contributed by atoms with E-state index in [4.69, 9.17) is 20.4 Å². The van der Waals surface area contributed by atoms with Crippen LogP contribution in [0.3, 0.4) is 0 Å². The van der Waals surface area contributed by atoms with Crippen LogP contribution in [0.25, 0.3) is 0 Å². The molecule has 0 aromatic heterocycles. The number of unbranched alkanes of at least 4 members (excludes halogenated alkanes) is 2. The summed E-state index contributed by atoms with van der Waals surface area (Å²) in [6.45, 7) is 5.03. The molecule has 3 aliphatic rings. The van der Waals surface area contributed by atoms with E-state index in [1.807, 2.05) is 18.2 Å². The molecule has 3 saturated heterocycles. The molecule has 0 amide bonds. The fraction of sp³-hybridized carbons (Fsp3) is 0.556. The van der Waals surface area contributed by atoms with Crippen molar-refractivity contribution in [3.63, 3.8) is 0 Å². The van der Waals surface area contributed by atoms with Gasteiger partial charge < -0.3 is 0 Å². The van der Waals surface area contributed by atoms with E-state index in [1.165, 1.54) is 30.1 Å². The quantitative estimate of drug-likeness (QED) is 0.374. The second-order valence-corrected chi connectivity index (χ2v) is 21.3. The van der Waals surface area contributed by atoms with Gasteiger partial charge in [-0.25, -0.2) is 0 Å². The van der Waals surface area contributed by atoms with Gasteiger partial charge in [0, 0.05) is 0 Å². The molecule has 2 aromatic carbocycles. The van der Waals surface area contributed by atoms with Crippen LogP contribution in [0.5, 0.6) is 0 Å². The van der Waals surface area contributed by atoms with Crippen LogP contribution in [0.15, 0.2) is 60.7 Å². The Bertz CT molecular complexity index is 892. The Morgan fingerprint density at radius 2 is 1.44 bits per heavy atom. The topological polar surface area (TPSA) is 46.2 Å². The van der Waals surface area contributed by atoms with Gasteiger partial charge >= 0.3 is 216 Å². The third-order valence-electron chi connectivity index (χ3n) is 6.88. The number of hydrogen-bond donors (Lipinski definition) is 0. The summed E-state index contributed by atoms with van der Waals surface area (Å²) in [7, 11) is 0. The molecule has 6 atom stereocenters. The van der Waals surface area contributed by atoms with Gasteiger partial charge in [-0.1, -0.05) is 0 Å². The summed E-state index contributed by atoms with van der Waals surface area (Å²) in [5, 5.41) is 0.0171. The van der Waals surface area contributed by atoms with E-state index in [0.29, 0.717) is 6.61 Å². The van der Waals surface area contributed by atoms with E-state index in [0.717, 1.165) is 14.4 Å². The van der Waals surface area contributed by atoms with Crippen molar-refractivity contribution in [1.82, 2.24) is 0 Å². The number of benzene rings is 2. The van der Waals surface area contributed by atoms with Gasteiger partial charge in [0.05, 0.1) is 0 Å². The predicted molar refractivity (Wildman–Crippen MR) is 135 cm³/mol. The maximum absolute atomic E-state index is 7.12. The number of hydrogen-bond acceptors (Lipinski definition) is 5. The fourth-order valence-electron chi connectivity index (χ4n) is 5.09. The second-order valence-electron chi connectivity index (χ2n) is 9.43. The molecule has 5 nitrogen and oxygen atoms in total. The third-order valence-corrected chi connectivity index (χ3v) is 19.7. The van der Waals surface area contributed by atoms with Crippen molar-refractivity contribution in [1.29, 1.82) is 0 Å². The summed E-state index contributed by atoms with van der Waals surface area (Å²) in [5.74, 6) is 0. The van der Waals surface area contributed by atoms with Crippen LogP contribution < -0.4 is 4.46 Å². The Hall–Kier alpha value is -0.442. The van der Waals surface area contributed by atoms with Crippen LogP contribution >= 0.6 is 0 Å². The van der Waals surface area contributed by atoms with Crippen LogP contribution in [-0.4, -0.2) is 70.2 Å². The molecule has 0 saturated carbocycles. The van der Waals surface area contributed by atoms with Crippen LogP contribution in [0.2, 0.25) is 8.87 Å². The number of fused-ring (bicyclic) bond motifs is 3. The van der Waals surface area contributed by atoms with Crippen molar-refractivity contribution >= 4 is 38.6 Å². The van der Waals surface area contributed by atoms with Gasteiger partial charge in [0.25, 0.3) is 0 Å². The summed E-state index contributed by atoms with van der Waals surface area (Å²) in [5.41, 5.74) is 1.04. The van der Waals surface area contributed by atoms with Crippen LogP contribution in [-0.2, 0) is 20.4 Å². The zero-order valence-electron chi connectivity index (χ0n) is 20.1. The summed E-state index contributed by atoms with van der Waals surface area (Å²) < 4.78 is 37.2. The normalized spacial score (nSPS) is 32.2. The van der Waals surface area contributed by atoms with E-state index in [1.54, 1.807) is 0 Å². The predicted octanol–water partition coefficient (Wildman–Crippen LogP) is 4.68. The average molecular weight is 638 g/mol. The minimum absolute atomic E-state index is 0.0171. The SMILES string of the molecule is CCC[CH2][Sn]1([CH2]CCC)[O][C@@H]2[C@@H]([O]1)[C@H]([Se]c1ccccc1)O[C@@H]1CO[C@@H](c3ccccc3)O[C@@H]21. The van der Waals surface area contributed by atoms with E-state index in [-0.39, 0.29) is 50.7 Å². The molecule has 3 aliphatic heterocycles. The minimum atomic E-state index is -3.24. The molecule has 0 N–H and O–H groups in total. The van der Waals surface area contributed by atoms with Crippen LogP contribution in [0.4, 0.5) is 0 Å². The van der Waals surface area contributed by atoms with Crippen molar-refractivity contribution in [3.8, 4) is 0 Å². The molecule has 0 aliphatic carbocycles. The maximum atomic E-state index is 7.12. The van der Waals surface area contributed by atoms with Gasteiger partial charge in [0.15, 0.2) is 0 Å². The van der Waals surface area contributed by atoms with Gasteiger partial charge in [-0.3, -0.25) is 0 Å². The average Bonchev–Trinajstić information content (AvgIpc) is 3.28. The zero-order valence-corrected chi connectivity index (χ0v) is 24.7. The van der Waals surface area contributed by atoms with Crippen molar-refractivity contribution in [2.24, 2.45) is 0 Å². The molecule has 0 radical (unpaired) electrons. The van der Waals surface area contributed by atoms with Gasteiger partial charge in [-0.2, -0.15) is 0 Å². The van der Waals surface area contributed by atoms with Crippen molar-refractivity contribution in [2.45, 2.75) is 84.1 Å². The molecular formula is C27H36O5SeSn. The number of ether oxygens (including phenoxy) is 3. The first kappa shape index (κ1) is 25.2. The zero-order chi connectivity index (χ0) is 23.4. The molecule has 184 valence electrons. The van der Waals surface area contributed by atoms with E-state index < -0.39 is 19.2 Å². The molecule has 7 heteroatoms. The Balaban J connectivity index is 1.41. The van der Waals surface area contributed by atoms with Crippen LogP contribution in [0.1, 0.15) is 51.4 Å². The Morgan fingerprint density at radius 1 is 0.794 bits per heavy atom. The van der Waals surface area contributed by atoms with Gasteiger partial charge in [-0.15, -0.1) is 0 Å². The first-order chi connectivity index (χ1) is 16.7. The molecule has 34 heavy (non-hydrogen) atoms. The second kappa shape index (κ2) is 11.7. The monoisotopic (exact) mass is 640 g/mol. The summed E-state index contributed by atoms with van der Waals surface area (Å²) in [6, 6.07) is 20.9. The molecule has 0 bridgehead atoms. The Morgan fingerprint density at radius 3 is 2.12 bits per heavy atom. The van der Waals surface area contributed by atoms with Crippen molar-refractivity contribution in [2.75, 3.05) is 6.61 Å². The third kappa shape index (κ3) is 5.60. The molecule has 5 rings (SSSR count). The molecule has 3 heterocycles. The van der Waals surface area contributed by atoms with Gasteiger partial charge in [0.2, 0.25) is 0 Å². The van der Waals surface area contributed by atoms with Crippen molar-refractivity contribution < 1.29 is 20.4 Å². The van der Waals surface area contributed by atoms with E-state index >= 15 is 0 Å². The van der Waals surface area contributed by atoms with Gasteiger partial charge in [-0.05, 0) is 0 Å². The number of rotatable bonds is 9. The molecular weight excluding hydrogens is 602 g/mol. The molecule has 0 unspecified atom stereocenters. The van der Waals surface area contributed by atoms with Crippen molar-refractivity contribution in [3.05, 3.63) is 66.2 Å². The molecule has 2 aromatic rings. The molecule has 3 fully saturated rings. The summed E-state index contributed by atoms with van der Waals surface area (Å²) >= 11 is -3.11. The summed E-state index contributed by atoms with van der Waals surface area (Å²) in [4.78, 5) is 0. The standard InChI is InChI=1S/C19H18O5Se.2C4H9.Sn/c20-15-16(21)19(25-13-9-5-2-6-10-13)23-14-11-22-18(24-17(14)15)12-7-3-1-4-8-12;2*1-3-4-2;/h1-10,14-19H,11H2;2*1,3-4H2,2H3;/q-2;;;+2/t14-,15-,16-,17-,18-,19+;;;/m1.../s1. The Labute approximate surface area is 215 Å². The van der Waals surface area contributed by atoms with Crippen LogP contribution in [0, 0.1) is 0 Å². The first-order valence-electron chi connectivity index (χ1n) is 12.8. The van der Waals surface area contributed by atoms with E-state index in [2.05, 4.69) is 56.3 Å².